The van der Waals surface area contributed by atoms with Crippen LogP contribution in [-0.2, 0) is 17.8 Å². The van der Waals surface area contributed by atoms with Gasteiger partial charge in [-0.1, -0.05) is 31.2 Å². The molecule has 1 N–H and O–H groups in total. The van der Waals surface area contributed by atoms with Crippen LogP contribution in [-0.4, -0.2) is 22.2 Å². The summed E-state index contributed by atoms with van der Waals surface area (Å²) in [5, 5.41) is 7.60. The van der Waals surface area contributed by atoms with Crippen LogP contribution in [0.4, 0.5) is 14.5 Å². The predicted molar refractivity (Wildman–Crippen MR) is 88.7 cm³/mol. The topological polar surface area (TPSA) is 58.2 Å². The van der Waals surface area contributed by atoms with Crippen LogP contribution in [0.15, 0.2) is 42.6 Å². The fourth-order valence-electron chi connectivity index (χ4n) is 3.11. The first-order valence-corrected chi connectivity index (χ1v) is 7.93. The molecule has 5 nitrogen and oxygen atoms in total. The van der Waals surface area contributed by atoms with Gasteiger partial charge in [0.2, 0.25) is 0 Å². The molecule has 7 heteroatoms. The van der Waals surface area contributed by atoms with Gasteiger partial charge < -0.3 is 4.74 Å². The van der Waals surface area contributed by atoms with Gasteiger partial charge in [-0.25, -0.2) is 0 Å². The van der Waals surface area contributed by atoms with Crippen LogP contribution in [0.2, 0.25) is 0 Å². The molecule has 25 heavy (non-hydrogen) atoms. The number of benzene rings is 2. The lowest BCUT2D eigenvalue weighted by Crippen LogP contribution is -2.50. The predicted octanol–water partition coefficient (Wildman–Crippen LogP) is 3.64. The number of aromatic nitrogens is 2. The van der Waals surface area contributed by atoms with E-state index in [0.29, 0.717) is 17.7 Å². The third-order valence-corrected chi connectivity index (χ3v) is 4.38. The zero-order chi connectivity index (χ0) is 17.6. The first kappa shape index (κ1) is 15.6. The van der Waals surface area contributed by atoms with Gasteiger partial charge >= 0.3 is 12.0 Å². The van der Waals surface area contributed by atoms with Crippen LogP contribution in [0.3, 0.4) is 0 Å². The summed E-state index contributed by atoms with van der Waals surface area (Å²) in [6.45, 7) is 1.86. The molecule has 1 aliphatic heterocycles. The quantitative estimate of drug-likeness (QED) is 0.790. The van der Waals surface area contributed by atoms with Crippen LogP contribution < -0.4 is 9.64 Å². The van der Waals surface area contributed by atoms with Crippen molar-refractivity contribution >= 4 is 22.5 Å². The van der Waals surface area contributed by atoms with Gasteiger partial charge in [0.15, 0.2) is 5.75 Å². The molecule has 0 saturated heterocycles. The van der Waals surface area contributed by atoms with Crippen LogP contribution in [0.1, 0.15) is 18.1 Å². The van der Waals surface area contributed by atoms with Crippen LogP contribution in [0.25, 0.3) is 10.9 Å². The molecule has 1 amide bonds. The number of anilines is 1. The van der Waals surface area contributed by atoms with Crippen molar-refractivity contribution in [1.29, 1.82) is 0 Å². The molecule has 0 atom stereocenters. The largest absolute Gasteiger partial charge is 0.483 e. The van der Waals surface area contributed by atoms with Gasteiger partial charge in [0.05, 0.1) is 23.9 Å². The number of fused-ring (bicyclic) bond motifs is 2. The molecular formula is C18H15F2N3O2. The zero-order valence-corrected chi connectivity index (χ0v) is 13.4. The zero-order valence-electron chi connectivity index (χ0n) is 13.4. The lowest BCUT2D eigenvalue weighted by Gasteiger charge is -2.34. The van der Waals surface area contributed by atoms with E-state index in [-0.39, 0.29) is 12.3 Å². The minimum absolute atomic E-state index is 0.00875. The number of halogens is 2. The van der Waals surface area contributed by atoms with Crippen LogP contribution in [0, 0.1) is 0 Å². The second-order valence-electron chi connectivity index (χ2n) is 5.88. The highest BCUT2D eigenvalue weighted by Gasteiger charge is 2.51. The Balaban J connectivity index is 1.83. The van der Waals surface area contributed by atoms with E-state index in [4.69, 9.17) is 4.74 Å². The average Bonchev–Trinajstić information content (AvgIpc) is 3.08. The molecule has 128 valence electrons. The lowest BCUT2D eigenvalue weighted by atomic mass is 10.1. The number of nitrogens with one attached hydrogen (secondary N) is 1. The van der Waals surface area contributed by atoms with E-state index in [9.17, 15) is 13.6 Å². The van der Waals surface area contributed by atoms with Crippen LogP contribution >= 0.6 is 0 Å². The van der Waals surface area contributed by atoms with E-state index in [0.717, 1.165) is 21.4 Å². The number of hydrogen-bond acceptors (Lipinski definition) is 3. The van der Waals surface area contributed by atoms with Gasteiger partial charge in [0.1, 0.15) is 0 Å². The molecule has 0 aliphatic carbocycles. The minimum Gasteiger partial charge on any atom is -0.423 e. The average molecular weight is 343 g/mol. The molecule has 4 rings (SSSR count). The third kappa shape index (κ3) is 2.43. The van der Waals surface area contributed by atoms with Crippen molar-refractivity contribution in [2.24, 2.45) is 0 Å². The molecule has 0 unspecified atom stereocenters. The summed E-state index contributed by atoms with van der Waals surface area (Å²) in [7, 11) is 0. The Morgan fingerprint density at radius 1 is 1.20 bits per heavy atom. The number of rotatable bonds is 3. The Bertz CT molecular complexity index is 968. The van der Waals surface area contributed by atoms with Crippen molar-refractivity contribution in [3.05, 3.63) is 53.7 Å². The third-order valence-electron chi connectivity index (χ3n) is 4.38. The Morgan fingerprint density at radius 2 is 1.96 bits per heavy atom. The maximum absolute atomic E-state index is 14.2. The first-order chi connectivity index (χ1) is 12.0. The van der Waals surface area contributed by atoms with Crippen molar-refractivity contribution in [2.45, 2.75) is 26.0 Å². The molecule has 0 fully saturated rings. The Labute approximate surface area is 142 Å². The highest BCUT2D eigenvalue weighted by molar-refractivity contribution is 6.01. The summed E-state index contributed by atoms with van der Waals surface area (Å²) in [6, 6.07) is 10.5. The summed E-state index contributed by atoms with van der Waals surface area (Å²) >= 11 is 0. The van der Waals surface area contributed by atoms with Crippen molar-refractivity contribution in [3.63, 3.8) is 0 Å². The van der Waals surface area contributed by atoms with Crippen molar-refractivity contribution < 1.29 is 18.3 Å². The molecule has 0 radical (unpaired) electrons. The maximum Gasteiger partial charge on any atom is 0.483 e. The highest BCUT2D eigenvalue weighted by atomic mass is 19.3. The summed E-state index contributed by atoms with van der Waals surface area (Å²) in [5.74, 6) is -1.30. The molecular weight excluding hydrogens is 328 g/mol. The number of hydrogen-bond donors (Lipinski definition) is 1. The number of ether oxygens (including phenoxy) is 1. The number of amides is 1. The summed E-state index contributed by atoms with van der Waals surface area (Å²) in [4.78, 5) is 13.4. The van der Waals surface area contributed by atoms with Gasteiger partial charge in [-0.2, -0.15) is 13.9 Å². The number of nitrogens with zero attached hydrogens (tertiary/aromatic N) is 2. The highest BCUT2D eigenvalue weighted by Crippen LogP contribution is 2.42. The first-order valence-electron chi connectivity index (χ1n) is 7.93. The molecule has 0 saturated carbocycles. The minimum atomic E-state index is -3.89. The summed E-state index contributed by atoms with van der Waals surface area (Å²) in [6.07, 6.45) is -1.74. The molecule has 0 spiro atoms. The fraction of sp³-hybridized carbons (Fsp3) is 0.222. The molecule has 1 aliphatic rings. The number of aryl methyl sites for hydroxylation is 1. The molecule has 2 heterocycles. The summed E-state index contributed by atoms with van der Waals surface area (Å²) < 4.78 is 33.1. The van der Waals surface area contributed by atoms with E-state index >= 15 is 0 Å². The van der Waals surface area contributed by atoms with Crippen LogP contribution in [0.5, 0.6) is 5.75 Å². The molecule has 1 aromatic heterocycles. The van der Waals surface area contributed by atoms with E-state index in [2.05, 4.69) is 10.2 Å². The second-order valence-corrected chi connectivity index (χ2v) is 5.88. The Hall–Kier alpha value is -2.96. The number of para-hydroxylation sites is 1. The van der Waals surface area contributed by atoms with E-state index in [1.807, 2.05) is 13.0 Å². The lowest BCUT2D eigenvalue weighted by molar-refractivity contribution is -0.193. The van der Waals surface area contributed by atoms with E-state index in [1.54, 1.807) is 36.5 Å². The Kier molecular flexibility index (Phi) is 3.45. The number of carbonyl (C=O) groups excluding carboxylic acids is 1. The molecule has 3 aromatic rings. The van der Waals surface area contributed by atoms with Gasteiger partial charge in [-0.05, 0) is 29.7 Å². The normalized spacial score (nSPS) is 16.0. The van der Waals surface area contributed by atoms with E-state index < -0.39 is 12.0 Å². The molecule has 0 bridgehead atoms. The van der Waals surface area contributed by atoms with Crippen molar-refractivity contribution in [3.8, 4) is 5.75 Å². The Morgan fingerprint density at radius 3 is 2.76 bits per heavy atom. The number of H-pyrrole nitrogens is 1. The fourth-order valence-corrected chi connectivity index (χ4v) is 3.11. The second kappa shape index (κ2) is 5.54. The molecule has 2 aromatic carbocycles. The van der Waals surface area contributed by atoms with Gasteiger partial charge in [-0.15, -0.1) is 0 Å². The number of carbonyl (C=O) groups is 1. The monoisotopic (exact) mass is 343 g/mol. The van der Waals surface area contributed by atoms with Gasteiger partial charge in [0, 0.05) is 5.39 Å². The van der Waals surface area contributed by atoms with Crippen molar-refractivity contribution in [1.82, 2.24) is 10.2 Å². The SMILES string of the molecule is CCc1cccc2c1OC(F)(F)C(=O)N2Cc1cccc2[nH]ncc12. The van der Waals surface area contributed by atoms with Crippen molar-refractivity contribution in [2.75, 3.05) is 4.90 Å². The van der Waals surface area contributed by atoms with Gasteiger partial charge in [0.25, 0.3) is 0 Å². The summed E-state index contributed by atoms with van der Waals surface area (Å²) in [5.41, 5.74) is 2.50. The van der Waals surface area contributed by atoms with E-state index in [1.165, 1.54) is 0 Å². The number of aromatic amines is 1. The number of alkyl halides is 2. The van der Waals surface area contributed by atoms with Gasteiger partial charge in [-0.3, -0.25) is 14.8 Å². The maximum atomic E-state index is 14.2. The standard InChI is InChI=1S/C18H15F2N3O2/c1-2-11-5-4-8-15-16(11)25-18(19,20)17(24)23(15)10-12-6-3-7-14-13(12)9-21-22-14/h3-9H,2,10H2,1H3,(H,21,22). The smallest absolute Gasteiger partial charge is 0.423 e.